The van der Waals surface area contributed by atoms with Crippen molar-refractivity contribution in [1.29, 1.82) is 0 Å². The largest absolute Gasteiger partial charge is 0.315 e. The van der Waals surface area contributed by atoms with Gasteiger partial charge in [-0.2, -0.15) is 0 Å². The van der Waals surface area contributed by atoms with Crippen LogP contribution in [0.25, 0.3) is 0 Å². The number of hydrogen-bond donors (Lipinski definition) is 1. The van der Waals surface area contributed by atoms with E-state index in [1.54, 1.807) is 6.33 Å². The van der Waals surface area contributed by atoms with Crippen LogP contribution in [0.2, 0.25) is 0 Å². The highest BCUT2D eigenvalue weighted by atomic mass is 15.0. The van der Waals surface area contributed by atoms with Gasteiger partial charge in [-0.15, -0.1) is 0 Å². The van der Waals surface area contributed by atoms with E-state index in [4.69, 9.17) is 0 Å². The molecule has 4 nitrogen and oxygen atoms in total. The molecule has 0 aliphatic rings. The van der Waals surface area contributed by atoms with Gasteiger partial charge in [0.15, 0.2) is 0 Å². The van der Waals surface area contributed by atoms with Crippen molar-refractivity contribution in [1.82, 2.24) is 15.0 Å². The first-order valence-electron chi connectivity index (χ1n) is 5.19. The van der Waals surface area contributed by atoms with E-state index in [0.717, 1.165) is 6.42 Å². The van der Waals surface area contributed by atoms with E-state index in [2.05, 4.69) is 54.6 Å². The fraction of sp³-hybridized carbons (Fsp3) is 0.727. The van der Waals surface area contributed by atoms with Crippen LogP contribution in [-0.2, 0) is 0 Å². The summed E-state index contributed by atoms with van der Waals surface area (Å²) in [6.45, 7) is 10.9. The fourth-order valence-corrected chi connectivity index (χ4v) is 1.94. The van der Waals surface area contributed by atoms with Crippen LogP contribution in [0.4, 0.5) is 0 Å². The Hall–Kier alpha value is -1.19. The number of H-pyrrole nitrogens is 1. The summed E-state index contributed by atoms with van der Waals surface area (Å²) in [5.41, 5.74) is 0.794. The lowest BCUT2D eigenvalue weighted by Crippen LogP contribution is -2.29. The molecule has 15 heavy (non-hydrogen) atoms. The Bertz CT molecular complexity index is 353. The minimum absolute atomic E-state index is 0.108. The van der Waals surface area contributed by atoms with Crippen LogP contribution < -0.4 is 5.62 Å². The van der Waals surface area contributed by atoms with Crippen molar-refractivity contribution >= 4 is 0 Å². The quantitative estimate of drug-likeness (QED) is 0.807. The van der Waals surface area contributed by atoms with Gasteiger partial charge in [0.1, 0.15) is 6.33 Å². The van der Waals surface area contributed by atoms with Crippen molar-refractivity contribution in [3.05, 3.63) is 18.3 Å². The molecule has 0 atom stereocenters. The predicted molar refractivity (Wildman–Crippen MR) is 60.1 cm³/mol. The lowest BCUT2D eigenvalue weighted by Gasteiger charge is -2.28. The number of nitrogens with zero attached hydrogens (tertiary/aromatic N) is 3. The molecule has 0 aliphatic heterocycles. The zero-order chi connectivity index (χ0) is 11.5. The third-order valence-corrected chi connectivity index (χ3v) is 1.89. The molecule has 4 heteroatoms. The van der Waals surface area contributed by atoms with E-state index in [0.29, 0.717) is 5.62 Å². The number of rotatable bonds is 2. The van der Waals surface area contributed by atoms with Gasteiger partial charge in [-0.1, -0.05) is 20.8 Å². The maximum Gasteiger partial charge on any atom is 0.225 e. The molecule has 0 fully saturated rings. The molecule has 0 aliphatic carbocycles. The summed E-state index contributed by atoms with van der Waals surface area (Å²) in [5, 5.41) is 0. The van der Waals surface area contributed by atoms with E-state index >= 15 is 0 Å². The minimum Gasteiger partial charge on any atom is -0.315 e. The fourth-order valence-electron chi connectivity index (χ4n) is 1.94. The van der Waals surface area contributed by atoms with Crippen molar-refractivity contribution in [3.63, 3.8) is 0 Å². The second kappa shape index (κ2) is 4.13. The number of nitrogens with one attached hydrogen (secondary N) is 1. The van der Waals surface area contributed by atoms with Crippen LogP contribution in [0, 0.1) is 5.41 Å². The maximum atomic E-state index is 4.57. The Kier molecular flexibility index (Phi) is 3.27. The van der Waals surface area contributed by atoms with Crippen molar-refractivity contribution < 1.29 is 0 Å². The van der Waals surface area contributed by atoms with Gasteiger partial charge in [0.2, 0.25) is 5.62 Å². The summed E-state index contributed by atoms with van der Waals surface area (Å²) in [6, 6.07) is 0. The van der Waals surface area contributed by atoms with Gasteiger partial charge in [0.25, 0.3) is 0 Å². The number of aromatic nitrogens is 3. The summed E-state index contributed by atoms with van der Waals surface area (Å²) in [4.78, 5) is 15.4. The Labute approximate surface area is 90.9 Å². The SMILES string of the molecule is CC(C)(C)CC(C)(C)N=c1ncnc[nH]1. The topological polar surface area (TPSA) is 53.9 Å². The lowest BCUT2D eigenvalue weighted by molar-refractivity contribution is 0.283. The predicted octanol–water partition coefficient (Wildman–Crippen LogP) is 1.92. The van der Waals surface area contributed by atoms with Crippen LogP contribution in [-0.4, -0.2) is 20.5 Å². The average molecular weight is 208 g/mol. The first kappa shape index (κ1) is 11.9. The second-order valence-electron chi connectivity index (χ2n) is 5.65. The first-order valence-corrected chi connectivity index (χ1v) is 5.19. The summed E-state index contributed by atoms with van der Waals surface area (Å²) < 4.78 is 0. The van der Waals surface area contributed by atoms with Gasteiger partial charge >= 0.3 is 0 Å². The molecule has 0 spiro atoms. The van der Waals surface area contributed by atoms with Crippen LogP contribution in [0.15, 0.2) is 17.6 Å². The molecule has 1 aromatic rings. The van der Waals surface area contributed by atoms with Gasteiger partial charge in [-0.25, -0.2) is 15.0 Å². The van der Waals surface area contributed by atoms with Gasteiger partial charge < -0.3 is 4.98 Å². The zero-order valence-electron chi connectivity index (χ0n) is 10.2. The van der Waals surface area contributed by atoms with Crippen LogP contribution in [0.5, 0.6) is 0 Å². The lowest BCUT2D eigenvalue weighted by atomic mass is 9.82. The van der Waals surface area contributed by atoms with Gasteiger partial charge in [0.05, 0.1) is 11.9 Å². The Morgan fingerprint density at radius 1 is 1.27 bits per heavy atom. The molecule has 0 aromatic carbocycles. The Morgan fingerprint density at radius 3 is 2.40 bits per heavy atom. The first-order chi connectivity index (χ1) is 6.79. The zero-order valence-corrected chi connectivity index (χ0v) is 10.2. The van der Waals surface area contributed by atoms with Crippen molar-refractivity contribution in [2.45, 2.75) is 46.6 Å². The molecule has 0 amide bonds. The molecule has 0 bridgehead atoms. The van der Waals surface area contributed by atoms with E-state index in [1.165, 1.54) is 6.33 Å². The molecule has 1 N–H and O–H groups in total. The number of hydrogen-bond acceptors (Lipinski definition) is 3. The highest BCUT2D eigenvalue weighted by Gasteiger charge is 2.24. The monoisotopic (exact) mass is 208 g/mol. The van der Waals surface area contributed by atoms with Gasteiger partial charge in [-0.3, -0.25) is 0 Å². The molecule has 1 aromatic heterocycles. The Balaban J connectivity index is 2.90. The number of aromatic amines is 1. The molecule has 0 unspecified atom stereocenters. The van der Waals surface area contributed by atoms with E-state index < -0.39 is 0 Å². The van der Waals surface area contributed by atoms with E-state index in [9.17, 15) is 0 Å². The summed E-state index contributed by atoms with van der Waals surface area (Å²) in [7, 11) is 0. The highest BCUT2D eigenvalue weighted by Crippen LogP contribution is 2.28. The van der Waals surface area contributed by atoms with Crippen molar-refractivity contribution in [3.8, 4) is 0 Å². The van der Waals surface area contributed by atoms with E-state index in [-0.39, 0.29) is 11.0 Å². The van der Waals surface area contributed by atoms with Crippen LogP contribution in [0.1, 0.15) is 41.0 Å². The molecule has 0 radical (unpaired) electrons. The molecule has 0 saturated carbocycles. The normalized spacial score (nSPS) is 14.3. The van der Waals surface area contributed by atoms with Crippen molar-refractivity contribution in [2.24, 2.45) is 10.4 Å². The summed E-state index contributed by atoms with van der Waals surface area (Å²) in [6.07, 6.45) is 4.11. The van der Waals surface area contributed by atoms with Gasteiger partial charge in [0, 0.05) is 0 Å². The van der Waals surface area contributed by atoms with Crippen molar-refractivity contribution in [2.75, 3.05) is 0 Å². The summed E-state index contributed by atoms with van der Waals surface area (Å²) >= 11 is 0. The average Bonchev–Trinajstić information content (AvgIpc) is 1.99. The minimum atomic E-state index is -0.108. The molecule has 1 heterocycles. The van der Waals surface area contributed by atoms with Gasteiger partial charge in [-0.05, 0) is 25.7 Å². The summed E-state index contributed by atoms with van der Waals surface area (Å²) in [5.74, 6) is 0. The van der Waals surface area contributed by atoms with E-state index in [1.807, 2.05) is 0 Å². The molecule has 0 saturated heterocycles. The Morgan fingerprint density at radius 2 is 1.93 bits per heavy atom. The highest BCUT2D eigenvalue weighted by molar-refractivity contribution is 4.83. The molecular formula is C11H20N4. The molecule has 1 rings (SSSR count). The third kappa shape index (κ3) is 4.72. The second-order valence-corrected chi connectivity index (χ2v) is 5.65. The smallest absolute Gasteiger partial charge is 0.225 e. The molecular weight excluding hydrogens is 188 g/mol. The molecule has 84 valence electrons. The third-order valence-electron chi connectivity index (χ3n) is 1.89. The van der Waals surface area contributed by atoms with Crippen LogP contribution in [0.3, 0.4) is 0 Å². The maximum absolute atomic E-state index is 4.57. The standard InChI is InChI=1S/C11H20N4/c1-10(2,3)6-11(4,5)15-9-13-7-12-8-14-9/h7-8H,6H2,1-5H3,(H,12,13,14,15). The van der Waals surface area contributed by atoms with Crippen LogP contribution >= 0.6 is 0 Å².